The van der Waals surface area contributed by atoms with Crippen LogP contribution in [0.3, 0.4) is 0 Å². The van der Waals surface area contributed by atoms with Gasteiger partial charge in [-0.05, 0) is 29.5 Å². The van der Waals surface area contributed by atoms with E-state index in [4.69, 9.17) is 17.3 Å². The molecule has 1 nitrogen and oxygen atoms in total. The number of hydrogen-bond donors (Lipinski definition) is 1. The lowest BCUT2D eigenvalue weighted by atomic mass is 9.94. The second kappa shape index (κ2) is 6.38. The monoisotopic (exact) mass is 291 g/mol. The van der Waals surface area contributed by atoms with Crippen LogP contribution < -0.4 is 5.73 Å². The van der Waals surface area contributed by atoms with Gasteiger partial charge in [-0.2, -0.15) is 0 Å². The van der Waals surface area contributed by atoms with Gasteiger partial charge in [-0.1, -0.05) is 61.8 Å². The van der Waals surface area contributed by atoms with E-state index in [0.29, 0.717) is 11.5 Å². The van der Waals surface area contributed by atoms with Gasteiger partial charge in [0, 0.05) is 5.56 Å². The standard InChI is InChI=1S/C17H19ClFN/c1-3-11(2)12-7-9-13(10-8-12)17(20)14-5-4-6-15(18)16(14)19/h4-11,17H,3,20H2,1-2H3. The molecule has 0 bridgehead atoms. The van der Waals surface area contributed by atoms with Gasteiger partial charge < -0.3 is 5.73 Å². The Morgan fingerprint density at radius 3 is 2.30 bits per heavy atom. The summed E-state index contributed by atoms with van der Waals surface area (Å²) in [5.41, 5.74) is 8.73. The van der Waals surface area contributed by atoms with E-state index < -0.39 is 11.9 Å². The lowest BCUT2D eigenvalue weighted by Crippen LogP contribution is -2.13. The van der Waals surface area contributed by atoms with Crippen molar-refractivity contribution >= 4 is 11.6 Å². The Morgan fingerprint density at radius 1 is 1.10 bits per heavy atom. The van der Waals surface area contributed by atoms with E-state index in [1.54, 1.807) is 12.1 Å². The molecule has 0 aromatic heterocycles. The van der Waals surface area contributed by atoms with E-state index in [9.17, 15) is 4.39 Å². The first-order valence-electron chi connectivity index (χ1n) is 6.84. The topological polar surface area (TPSA) is 26.0 Å². The first kappa shape index (κ1) is 15.0. The summed E-state index contributed by atoms with van der Waals surface area (Å²) in [5, 5.41) is 0.106. The molecule has 0 aliphatic carbocycles. The number of rotatable bonds is 4. The van der Waals surface area contributed by atoms with Crippen molar-refractivity contribution in [3.63, 3.8) is 0 Å². The molecule has 0 spiro atoms. The number of benzene rings is 2. The van der Waals surface area contributed by atoms with E-state index in [1.807, 2.05) is 12.1 Å². The van der Waals surface area contributed by atoms with Crippen LogP contribution in [-0.4, -0.2) is 0 Å². The minimum absolute atomic E-state index is 0.106. The molecule has 106 valence electrons. The summed E-state index contributed by atoms with van der Waals surface area (Å²) in [6, 6.07) is 12.5. The Labute approximate surface area is 124 Å². The van der Waals surface area contributed by atoms with Gasteiger partial charge in [-0.3, -0.25) is 0 Å². The van der Waals surface area contributed by atoms with Gasteiger partial charge >= 0.3 is 0 Å². The van der Waals surface area contributed by atoms with Crippen molar-refractivity contribution in [2.75, 3.05) is 0 Å². The zero-order chi connectivity index (χ0) is 14.7. The highest BCUT2D eigenvalue weighted by molar-refractivity contribution is 6.30. The Bertz CT molecular complexity index is 580. The van der Waals surface area contributed by atoms with Crippen LogP contribution in [0.4, 0.5) is 4.39 Å². The molecule has 0 heterocycles. The molecule has 2 aromatic carbocycles. The summed E-state index contributed by atoms with van der Waals surface area (Å²) in [6.45, 7) is 4.34. The minimum Gasteiger partial charge on any atom is -0.320 e. The van der Waals surface area contributed by atoms with Gasteiger partial charge in [-0.15, -0.1) is 0 Å². The predicted molar refractivity (Wildman–Crippen MR) is 82.6 cm³/mol. The maximum Gasteiger partial charge on any atom is 0.146 e. The van der Waals surface area contributed by atoms with Gasteiger partial charge in [0.2, 0.25) is 0 Å². The van der Waals surface area contributed by atoms with Gasteiger partial charge in [0.15, 0.2) is 0 Å². The molecular formula is C17H19ClFN. The van der Waals surface area contributed by atoms with E-state index in [2.05, 4.69) is 26.0 Å². The number of hydrogen-bond acceptors (Lipinski definition) is 1. The molecule has 2 unspecified atom stereocenters. The molecule has 2 atom stereocenters. The number of nitrogens with two attached hydrogens (primary N) is 1. The normalized spacial score (nSPS) is 14.1. The first-order valence-corrected chi connectivity index (χ1v) is 7.21. The van der Waals surface area contributed by atoms with Crippen molar-refractivity contribution in [3.8, 4) is 0 Å². The zero-order valence-corrected chi connectivity index (χ0v) is 12.5. The summed E-state index contributed by atoms with van der Waals surface area (Å²) in [6.07, 6.45) is 1.09. The van der Waals surface area contributed by atoms with Crippen LogP contribution >= 0.6 is 11.6 Å². The van der Waals surface area contributed by atoms with Crippen LogP contribution in [0, 0.1) is 5.82 Å². The van der Waals surface area contributed by atoms with Crippen LogP contribution in [0.25, 0.3) is 0 Å². The summed E-state index contributed by atoms with van der Waals surface area (Å²) in [4.78, 5) is 0. The van der Waals surface area contributed by atoms with E-state index in [0.717, 1.165) is 12.0 Å². The molecule has 3 heteroatoms. The summed E-state index contributed by atoms with van der Waals surface area (Å²) in [5.74, 6) is 0.0795. The predicted octanol–water partition coefficient (Wildman–Crippen LogP) is 5.04. The lowest BCUT2D eigenvalue weighted by molar-refractivity contribution is 0.600. The smallest absolute Gasteiger partial charge is 0.146 e. The molecule has 0 saturated heterocycles. The molecule has 0 saturated carbocycles. The van der Waals surface area contributed by atoms with E-state index >= 15 is 0 Å². The van der Waals surface area contributed by atoms with Crippen LogP contribution in [0.2, 0.25) is 5.02 Å². The minimum atomic E-state index is -0.500. The highest BCUT2D eigenvalue weighted by atomic mass is 35.5. The summed E-state index contributed by atoms with van der Waals surface area (Å²) in [7, 11) is 0. The highest BCUT2D eigenvalue weighted by Crippen LogP contribution is 2.27. The fourth-order valence-corrected chi connectivity index (χ4v) is 2.39. The fraction of sp³-hybridized carbons (Fsp3) is 0.294. The average molecular weight is 292 g/mol. The van der Waals surface area contributed by atoms with Gasteiger partial charge in [0.25, 0.3) is 0 Å². The van der Waals surface area contributed by atoms with Crippen molar-refractivity contribution in [2.45, 2.75) is 32.2 Å². The van der Waals surface area contributed by atoms with Crippen LogP contribution in [0.1, 0.15) is 48.9 Å². The van der Waals surface area contributed by atoms with Gasteiger partial charge in [-0.25, -0.2) is 4.39 Å². The van der Waals surface area contributed by atoms with Crippen LogP contribution in [-0.2, 0) is 0 Å². The van der Waals surface area contributed by atoms with Crippen molar-refractivity contribution in [3.05, 3.63) is 70.0 Å². The fourth-order valence-electron chi connectivity index (χ4n) is 2.21. The molecule has 0 aliphatic rings. The third-order valence-corrected chi connectivity index (χ3v) is 4.09. The van der Waals surface area contributed by atoms with E-state index in [-0.39, 0.29) is 5.02 Å². The maximum absolute atomic E-state index is 14.0. The average Bonchev–Trinajstić information content (AvgIpc) is 2.48. The quantitative estimate of drug-likeness (QED) is 0.839. The summed E-state index contributed by atoms with van der Waals surface area (Å²) >= 11 is 5.80. The second-order valence-electron chi connectivity index (χ2n) is 5.10. The Balaban J connectivity index is 2.29. The molecule has 0 aliphatic heterocycles. The van der Waals surface area contributed by atoms with Crippen LogP contribution in [0.15, 0.2) is 42.5 Å². The second-order valence-corrected chi connectivity index (χ2v) is 5.50. The molecule has 20 heavy (non-hydrogen) atoms. The maximum atomic E-state index is 14.0. The molecule has 2 rings (SSSR count). The van der Waals surface area contributed by atoms with Gasteiger partial charge in [0.1, 0.15) is 5.82 Å². The van der Waals surface area contributed by atoms with Gasteiger partial charge in [0.05, 0.1) is 11.1 Å². The third kappa shape index (κ3) is 3.02. The van der Waals surface area contributed by atoms with Crippen molar-refractivity contribution in [1.29, 1.82) is 0 Å². The molecule has 0 fully saturated rings. The van der Waals surface area contributed by atoms with Crippen molar-refractivity contribution in [2.24, 2.45) is 5.73 Å². The van der Waals surface area contributed by atoms with Crippen molar-refractivity contribution < 1.29 is 4.39 Å². The van der Waals surface area contributed by atoms with Crippen molar-refractivity contribution in [1.82, 2.24) is 0 Å². The van der Waals surface area contributed by atoms with E-state index in [1.165, 1.54) is 11.6 Å². The third-order valence-electron chi connectivity index (χ3n) is 3.79. The lowest BCUT2D eigenvalue weighted by Gasteiger charge is -2.16. The highest BCUT2D eigenvalue weighted by Gasteiger charge is 2.15. The molecule has 2 N–H and O–H groups in total. The first-order chi connectivity index (χ1) is 9.54. The molecule has 0 radical (unpaired) electrons. The Morgan fingerprint density at radius 2 is 1.70 bits per heavy atom. The van der Waals surface area contributed by atoms with Crippen LogP contribution in [0.5, 0.6) is 0 Å². The zero-order valence-electron chi connectivity index (χ0n) is 11.7. The molecular weight excluding hydrogens is 273 g/mol. The molecule has 0 amide bonds. The summed E-state index contributed by atoms with van der Waals surface area (Å²) < 4.78 is 14.0. The Hall–Kier alpha value is -1.38. The Kier molecular flexibility index (Phi) is 4.79. The SMILES string of the molecule is CCC(C)c1ccc(C(N)c2cccc(Cl)c2F)cc1. The molecule has 2 aromatic rings. The largest absolute Gasteiger partial charge is 0.320 e. The number of halogens is 2.